The van der Waals surface area contributed by atoms with Crippen molar-refractivity contribution in [3.05, 3.63) is 22.2 Å². The number of nitrogens with two attached hydrogens (primary N) is 1. The summed E-state index contributed by atoms with van der Waals surface area (Å²) in [5, 5.41) is 3.13. The lowest BCUT2D eigenvalue weighted by atomic mass is 9.84. The molecule has 1 aliphatic heterocycles. The molecule has 1 heterocycles. The van der Waals surface area contributed by atoms with Crippen LogP contribution in [0.25, 0.3) is 0 Å². The number of hydrogen-bond donors (Lipinski definition) is 2. The van der Waals surface area contributed by atoms with Crippen LogP contribution in [0.3, 0.4) is 0 Å². The molecule has 7 heteroatoms. The van der Waals surface area contributed by atoms with Gasteiger partial charge in [0.05, 0.1) is 4.47 Å². The number of amides is 1. The number of rotatable bonds is 3. The lowest BCUT2D eigenvalue weighted by Crippen LogP contribution is -2.44. The second-order valence-electron chi connectivity index (χ2n) is 5.84. The van der Waals surface area contributed by atoms with E-state index in [9.17, 15) is 4.79 Å². The SMILES string of the molecule is Cl.NCC1CCCCC1NC(=O)c1cc(Br)c2c(c1)OCCO2. The number of nitrogens with one attached hydrogen (secondary N) is 1. The van der Waals surface area contributed by atoms with Crippen LogP contribution in [0.5, 0.6) is 11.5 Å². The summed E-state index contributed by atoms with van der Waals surface area (Å²) < 4.78 is 11.9. The summed E-state index contributed by atoms with van der Waals surface area (Å²) in [6.07, 6.45) is 4.43. The molecule has 1 amide bonds. The summed E-state index contributed by atoms with van der Waals surface area (Å²) in [5.41, 5.74) is 6.41. The molecule has 1 saturated carbocycles. The van der Waals surface area contributed by atoms with Crippen molar-refractivity contribution < 1.29 is 14.3 Å². The Balaban J connectivity index is 0.00000192. The van der Waals surface area contributed by atoms with Crippen molar-refractivity contribution in [1.82, 2.24) is 5.32 Å². The average molecular weight is 406 g/mol. The Labute approximate surface area is 150 Å². The van der Waals surface area contributed by atoms with Gasteiger partial charge in [0.25, 0.3) is 5.91 Å². The van der Waals surface area contributed by atoms with E-state index in [4.69, 9.17) is 15.2 Å². The molecule has 1 fully saturated rings. The van der Waals surface area contributed by atoms with Crippen molar-refractivity contribution in [2.24, 2.45) is 11.7 Å². The predicted molar refractivity (Wildman–Crippen MR) is 94.6 cm³/mol. The Morgan fingerprint density at radius 2 is 2.00 bits per heavy atom. The van der Waals surface area contributed by atoms with Gasteiger partial charge in [-0.2, -0.15) is 0 Å². The van der Waals surface area contributed by atoms with Crippen molar-refractivity contribution in [2.75, 3.05) is 19.8 Å². The monoisotopic (exact) mass is 404 g/mol. The van der Waals surface area contributed by atoms with E-state index in [0.29, 0.717) is 42.7 Å². The lowest BCUT2D eigenvalue weighted by Gasteiger charge is -2.31. The average Bonchev–Trinajstić information content (AvgIpc) is 2.55. The summed E-state index contributed by atoms with van der Waals surface area (Å²) in [6.45, 7) is 1.65. The molecule has 23 heavy (non-hydrogen) atoms. The molecule has 1 aromatic carbocycles. The molecule has 0 aromatic heterocycles. The van der Waals surface area contributed by atoms with Gasteiger partial charge in [0.1, 0.15) is 13.2 Å². The largest absolute Gasteiger partial charge is 0.486 e. The van der Waals surface area contributed by atoms with Crippen LogP contribution >= 0.6 is 28.3 Å². The van der Waals surface area contributed by atoms with Crippen molar-refractivity contribution in [2.45, 2.75) is 31.7 Å². The minimum absolute atomic E-state index is 0. The first-order valence-corrected chi connectivity index (χ1v) is 8.58. The van der Waals surface area contributed by atoms with Gasteiger partial charge in [0.2, 0.25) is 0 Å². The van der Waals surface area contributed by atoms with Gasteiger partial charge < -0.3 is 20.5 Å². The van der Waals surface area contributed by atoms with E-state index in [0.717, 1.165) is 23.7 Å². The minimum Gasteiger partial charge on any atom is -0.486 e. The number of ether oxygens (including phenoxy) is 2. The predicted octanol–water partition coefficient (Wildman–Crippen LogP) is 2.89. The maximum absolute atomic E-state index is 12.5. The van der Waals surface area contributed by atoms with Gasteiger partial charge >= 0.3 is 0 Å². The van der Waals surface area contributed by atoms with Gasteiger partial charge in [-0.3, -0.25) is 4.79 Å². The molecule has 2 atom stereocenters. The number of carbonyl (C=O) groups is 1. The van der Waals surface area contributed by atoms with Crippen molar-refractivity contribution >= 4 is 34.2 Å². The number of halogens is 2. The Hall–Kier alpha value is -0.980. The maximum atomic E-state index is 12.5. The highest BCUT2D eigenvalue weighted by Crippen LogP contribution is 2.38. The van der Waals surface area contributed by atoms with E-state index < -0.39 is 0 Å². The van der Waals surface area contributed by atoms with Crippen molar-refractivity contribution in [1.29, 1.82) is 0 Å². The number of carbonyl (C=O) groups excluding carboxylic acids is 1. The van der Waals surface area contributed by atoms with Crippen molar-refractivity contribution in [3.63, 3.8) is 0 Å². The molecule has 0 spiro atoms. The fraction of sp³-hybridized carbons (Fsp3) is 0.562. The highest BCUT2D eigenvalue weighted by Gasteiger charge is 2.26. The molecule has 128 valence electrons. The molecule has 0 saturated heterocycles. The Kier molecular flexibility index (Phi) is 6.56. The van der Waals surface area contributed by atoms with Crippen LogP contribution < -0.4 is 20.5 Å². The molecule has 2 unspecified atom stereocenters. The number of benzene rings is 1. The number of hydrogen-bond acceptors (Lipinski definition) is 4. The highest BCUT2D eigenvalue weighted by molar-refractivity contribution is 9.10. The first-order chi connectivity index (χ1) is 10.7. The molecule has 1 aromatic rings. The van der Waals surface area contributed by atoms with Gasteiger partial charge in [-0.05, 0) is 53.4 Å². The van der Waals surface area contributed by atoms with E-state index in [1.54, 1.807) is 12.1 Å². The van der Waals surface area contributed by atoms with E-state index in [1.807, 2.05) is 0 Å². The summed E-state index contributed by atoms with van der Waals surface area (Å²) >= 11 is 3.45. The highest BCUT2D eigenvalue weighted by atomic mass is 79.9. The third kappa shape index (κ3) is 4.11. The van der Waals surface area contributed by atoms with E-state index in [2.05, 4.69) is 21.2 Å². The Bertz CT molecular complexity index is 571. The van der Waals surface area contributed by atoms with Crippen LogP contribution in [0.15, 0.2) is 16.6 Å². The van der Waals surface area contributed by atoms with Crippen LogP contribution in [0.4, 0.5) is 0 Å². The van der Waals surface area contributed by atoms with Crippen LogP contribution in [-0.2, 0) is 0 Å². The molecule has 0 bridgehead atoms. The molecule has 1 aliphatic carbocycles. The van der Waals surface area contributed by atoms with E-state index in [-0.39, 0.29) is 24.4 Å². The van der Waals surface area contributed by atoms with Crippen molar-refractivity contribution in [3.8, 4) is 11.5 Å². The molecule has 2 aliphatic rings. The third-order valence-electron chi connectivity index (χ3n) is 4.39. The maximum Gasteiger partial charge on any atom is 0.251 e. The zero-order valence-corrected chi connectivity index (χ0v) is 15.2. The fourth-order valence-corrected chi connectivity index (χ4v) is 3.73. The molecule has 3 N–H and O–H groups in total. The molecule has 3 rings (SSSR count). The molecule has 5 nitrogen and oxygen atoms in total. The van der Waals surface area contributed by atoms with Crippen LogP contribution in [0, 0.1) is 5.92 Å². The first-order valence-electron chi connectivity index (χ1n) is 7.79. The zero-order chi connectivity index (χ0) is 15.5. The first kappa shape index (κ1) is 18.4. The van der Waals surface area contributed by atoms with Gasteiger partial charge in [-0.15, -0.1) is 12.4 Å². The van der Waals surface area contributed by atoms with E-state index in [1.165, 1.54) is 6.42 Å². The van der Waals surface area contributed by atoms with E-state index >= 15 is 0 Å². The second kappa shape index (κ2) is 8.22. The Morgan fingerprint density at radius 3 is 2.78 bits per heavy atom. The standard InChI is InChI=1S/C16H21BrN2O3.ClH/c17-12-7-11(8-14-15(12)22-6-5-21-14)16(20)19-13-4-2-1-3-10(13)9-18;/h7-8,10,13H,1-6,9,18H2,(H,19,20);1H. The molecule has 0 radical (unpaired) electrons. The summed E-state index contributed by atoms with van der Waals surface area (Å²) in [7, 11) is 0. The normalized spacial score (nSPS) is 22.9. The summed E-state index contributed by atoms with van der Waals surface area (Å²) in [5.74, 6) is 1.58. The topological polar surface area (TPSA) is 73.6 Å². The van der Waals surface area contributed by atoms with Gasteiger partial charge in [0, 0.05) is 11.6 Å². The third-order valence-corrected chi connectivity index (χ3v) is 4.98. The minimum atomic E-state index is -0.0805. The zero-order valence-electron chi connectivity index (χ0n) is 12.8. The van der Waals surface area contributed by atoms with Crippen LogP contribution in [-0.4, -0.2) is 31.7 Å². The van der Waals surface area contributed by atoms with Crippen LogP contribution in [0.2, 0.25) is 0 Å². The smallest absolute Gasteiger partial charge is 0.251 e. The summed E-state index contributed by atoms with van der Waals surface area (Å²) in [4.78, 5) is 12.5. The van der Waals surface area contributed by atoms with Gasteiger partial charge in [-0.25, -0.2) is 0 Å². The lowest BCUT2D eigenvalue weighted by molar-refractivity contribution is 0.0906. The summed E-state index contributed by atoms with van der Waals surface area (Å²) in [6, 6.07) is 3.69. The number of fused-ring (bicyclic) bond motifs is 1. The Morgan fingerprint density at radius 1 is 1.26 bits per heavy atom. The quantitative estimate of drug-likeness (QED) is 0.811. The second-order valence-corrected chi connectivity index (χ2v) is 6.70. The molecular formula is C16H22BrClN2O3. The van der Waals surface area contributed by atoms with Gasteiger partial charge in [-0.1, -0.05) is 12.8 Å². The van der Waals surface area contributed by atoms with Gasteiger partial charge in [0.15, 0.2) is 11.5 Å². The fourth-order valence-electron chi connectivity index (χ4n) is 3.17. The molecular weight excluding hydrogens is 384 g/mol. The van der Waals surface area contributed by atoms with Crippen LogP contribution in [0.1, 0.15) is 36.0 Å².